The molecule has 0 radical (unpaired) electrons. The highest BCUT2D eigenvalue weighted by Gasteiger charge is 2.15. The van der Waals surface area contributed by atoms with Crippen molar-refractivity contribution in [3.63, 3.8) is 0 Å². The van der Waals surface area contributed by atoms with Crippen molar-refractivity contribution in [1.29, 1.82) is 0 Å². The molecule has 1 amide bonds. The van der Waals surface area contributed by atoms with Crippen LogP contribution in [0.15, 0.2) is 0 Å². The molecule has 0 aromatic carbocycles. The molecule has 0 rings (SSSR count). The fraction of sp³-hybridized carbons (Fsp3) is 0.925. The third-order valence-corrected chi connectivity index (χ3v) is 9.06. The first-order valence-electron chi connectivity index (χ1n) is 20.1. The summed E-state index contributed by atoms with van der Waals surface area (Å²) >= 11 is 0. The normalized spacial score (nSPS) is 11.1. The van der Waals surface area contributed by atoms with Crippen LogP contribution in [0.3, 0.4) is 0 Å². The van der Waals surface area contributed by atoms with Crippen molar-refractivity contribution < 1.29 is 23.9 Å². The third kappa shape index (κ3) is 32.4. The SMILES string of the molecule is CCCCCCCCCCCC(=O)OCCN(CCOC(=O)CCCCCCCCCCC)C(=O)CCCCCCCCCCC. The molecule has 0 spiro atoms. The molecular weight excluding hydrogens is 574 g/mol. The van der Waals surface area contributed by atoms with Gasteiger partial charge in [0.05, 0.1) is 13.1 Å². The van der Waals surface area contributed by atoms with Crippen molar-refractivity contribution in [2.45, 2.75) is 213 Å². The van der Waals surface area contributed by atoms with E-state index >= 15 is 0 Å². The highest BCUT2D eigenvalue weighted by Crippen LogP contribution is 2.14. The van der Waals surface area contributed by atoms with Gasteiger partial charge < -0.3 is 14.4 Å². The molecule has 46 heavy (non-hydrogen) atoms. The van der Waals surface area contributed by atoms with Gasteiger partial charge >= 0.3 is 11.9 Å². The molecular formula is C40H77NO5. The zero-order valence-corrected chi connectivity index (χ0v) is 31.0. The maximum absolute atomic E-state index is 13.1. The first-order chi connectivity index (χ1) is 22.5. The highest BCUT2D eigenvalue weighted by molar-refractivity contribution is 5.76. The van der Waals surface area contributed by atoms with E-state index in [9.17, 15) is 14.4 Å². The average Bonchev–Trinajstić information content (AvgIpc) is 3.05. The lowest BCUT2D eigenvalue weighted by molar-refractivity contribution is -0.147. The Kier molecular flexibility index (Phi) is 35.0. The molecule has 0 bridgehead atoms. The van der Waals surface area contributed by atoms with Crippen molar-refractivity contribution in [2.24, 2.45) is 0 Å². The van der Waals surface area contributed by atoms with E-state index < -0.39 is 0 Å². The van der Waals surface area contributed by atoms with E-state index in [1.54, 1.807) is 4.90 Å². The lowest BCUT2D eigenvalue weighted by Gasteiger charge is -2.22. The number of unbranched alkanes of at least 4 members (excludes halogenated alkanes) is 24. The molecule has 6 heteroatoms. The predicted molar refractivity (Wildman–Crippen MR) is 194 cm³/mol. The number of hydrogen-bond donors (Lipinski definition) is 0. The van der Waals surface area contributed by atoms with E-state index in [0.717, 1.165) is 38.5 Å². The molecule has 0 aromatic heterocycles. The minimum atomic E-state index is -0.179. The number of esters is 2. The molecule has 0 heterocycles. The summed E-state index contributed by atoms with van der Waals surface area (Å²) in [4.78, 5) is 39.4. The van der Waals surface area contributed by atoms with E-state index in [0.29, 0.717) is 32.4 Å². The summed E-state index contributed by atoms with van der Waals surface area (Å²) in [6, 6.07) is 0. The van der Waals surface area contributed by atoms with Crippen molar-refractivity contribution >= 4 is 17.8 Å². The smallest absolute Gasteiger partial charge is 0.305 e. The molecule has 0 unspecified atom stereocenters. The van der Waals surface area contributed by atoms with Crippen molar-refractivity contribution in [1.82, 2.24) is 4.90 Å². The molecule has 0 saturated carbocycles. The minimum Gasteiger partial charge on any atom is -0.464 e. The van der Waals surface area contributed by atoms with Crippen molar-refractivity contribution in [3.8, 4) is 0 Å². The van der Waals surface area contributed by atoms with Crippen LogP contribution < -0.4 is 0 Å². The molecule has 0 fully saturated rings. The van der Waals surface area contributed by atoms with Crippen LogP contribution in [0.4, 0.5) is 0 Å². The van der Waals surface area contributed by atoms with Crippen LogP contribution in [-0.2, 0) is 23.9 Å². The Labute approximate surface area is 285 Å². The summed E-state index contributed by atoms with van der Waals surface area (Å²) in [6.45, 7) is 7.84. The Morgan fingerprint density at radius 1 is 0.370 bits per heavy atom. The number of carbonyl (C=O) groups excluding carboxylic acids is 3. The van der Waals surface area contributed by atoms with Gasteiger partial charge in [-0.05, 0) is 19.3 Å². The van der Waals surface area contributed by atoms with Gasteiger partial charge in [0.15, 0.2) is 0 Å². The Hall–Kier alpha value is -1.59. The molecule has 0 aliphatic rings. The number of carbonyl (C=O) groups is 3. The van der Waals surface area contributed by atoms with Crippen LogP contribution in [0.5, 0.6) is 0 Å². The van der Waals surface area contributed by atoms with Gasteiger partial charge in [0.2, 0.25) is 5.91 Å². The fourth-order valence-corrected chi connectivity index (χ4v) is 5.95. The van der Waals surface area contributed by atoms with E-state index in [4.69, 9.17) is 9.47 Å². The van der Waals surface area contributed by atoms with Crippen LogP contribution in [0, 0.1) is 0 Å². The molecule has 0 aliphatic carbocycles. The zero-order chi connectivity index (χ0) is 33.8. The molecule has 0 N–H and O–H groups in total. The summed E-state index contributed by atoms with van der Waals surface area (Å²) in [5, 5.41) is 0. The number of nitrogens with zero attached hydrogens (tertiary/aromatic N) is 1. The maximum atomic E-state index is 13.1. The van der Waals surface area contributed by atoms with Crippen molar-refractivity contribution in [2.75, 3.05) is 26.3 Å². The van der Waals surface area contributed by atoms with Gasteiger partial charge in [0.1, 0.15) is 13.2 Å². The Morgan fingerprint density at radius 3 is 0.935 bits per heavy atom. The van der Waals surface area contributed by atoms with Gasteiger partial charge in [-0.1, -0.05) is 175 Å². The number of amides is 1. The van der Waals surface area contributed by atoms with Crippen LogP contribution in [0.25, 0.3) is 0 Å². The first kappa shape index (κ1) is 44.4. The summed E-state index contributed by atoms with van der Waals surface area (Å²) in [7, 11) is 0. The lowest BCUT2D eigenvalue weighted by Crippen LogP contribution is -2.37. The number of ether oxygens (including phenoxy) is 2. The summed E-state index contributed by atoms with van der Waals surface area (Å²) in [5.74, 6) is -0.295. The van der Waals surface area contributed by atoms with Gasteiger partial charge in [-0.2, -0.15) is 0 Å². The maximum Gasteiger partial charge on any atom is 0.305 e. The molecule has 0 aromatic rings. The third-order valence-electron chi connectivity index (χ3n) is 9.06. The zero-order valence-electron chi connectivity index (χ0n) is 31.0. The Balaban J connectivity index is 4.31. The second kappa shape index (κ2) is 36.2. The van der Waals surface area contributed by atoms with Crippen LogP contribution in [0.2, 0.25) is 0 Å². The standard InChI is InChI=1S/C40H77NO5/c1-4-7-10-13-16-19-22-25-28-31-38(42)41(34-36-45-39(43)32-29-26-23-20-17-14-11-8-5-2)35-37-46-40(44)33-30-27-24-21-18-15-12-9-6-3/h4-37H2,1-3H3. The van der Waals surface area contributed by atoms with Crippen LogP contribution in [0.1, 0.15) is 213 Å². The molecule has 272 valence electrons. The molecule has 0 saturated heterocycles. The number of rotatable bonds is 36. The van der Waals surface area contributed by atoms with Gasteiger partial charge in [-0.15, -0.1) is 0 Å². The summed E-state index contributed by atoms with van der Waals surface area (Å²) in [6.07, 6.45) is 34.1. The fourth-order valence-electron chi connectivity index (χ4n) is 5.95. The Morgan fingerprint density at radius 2 is 0.630 bits per heavy atom. The van der Waals surface area contributed by atoms with E-state index in [-0.39, 0.29) is 31.1 Å². The largest absolute Gasteiger partial charge is 0.464 e. The molecule has 0 aliphatic heterocycles. The quantitative estimate of drug-likeness (QED) is 0.0498. The van der Waals surface area contributed by atoms with Crippen LogP contribution in [-0.4, -0.2) is 49.0 Å². The second-order valence-electron chi connectivity index (χ2n) is 13.6. The van der Waals surface area contributed by atoms with E-state index in [2.05, 4.69) is 20.8 Å². The monoisotopic (exact) mass is 652 g/mol. The Bertz CT molecular complexity index is 643. The second-order valence-corrected chi connectivity index (χ2v) is 13.6. The summed E-state index contributed by atoms with van der Waals surface area (Å²) < 4.78 is 11.0. The summed E-state index contributed by atoms with van der Waals surface area (Å²) in [5.41, 5.74) is 0. The average molecular weight is 652 g/mol. The van der Waals surface area contributed by atoms with Gasteiger partial charge in [-0.3, -0.25) is 14.4 Å². The van der Waals surface area contributed by atoms with Crippen LogP contribution >= 0.6 is 0 Å². The highest BCUT2D eigenvalue weighted by atomic mass is 16.5. The molecule has 0 atom stereocenters. The van der Waals surface area contributed by atoms with Gasteiger partial charge in [-0.25, -0.2) is 0 Å². The van der Waals surface area contributed by atoms with Gasteiger partial charge in [0.25, 0.3) is 0 Å². The predicted octanol–water partition coefficient (Wildman–Crippen LogP) is 11.7. The molecule has 6 nitrogen and oxygen atoms in total. The topological polar surface area (TPSA) is 72.9 Å². The van der Waals surface area contributed by atoms with Crippen molar-refractivity contribution in [3.05, 3.63) is 0 Å². The minimum absolute atomic E-state index is 0.0629. The number of hydrogen-bond acceptors (Lipinski definition) is 5. The van der Waals surface area contributed by atoms with E-state index in [1.165, 1.54) is 135 Å². The van der Waals surface area contributed by atoms with E-state index in [1.807, 2.05) is 0 Å². The lowest BCUT2D eigenvalue weighted by atomic mass is 10.1. The van der Waals surface area contributed by atoms with Gasteiger partial charge in [0, 0.05) is 19.3 Å². The first-order valence-corrected chi connectivity index (χ1v) is 20.1.